The van der Waals surface area contributed by atoms with Crippen molar-refractivity contribution in [3.63, 3.8) is 0 Å². The lowest BCUT2D eigenvalue weighted by atomic mass is 9.86. The molecule has 2 N–H and O–H groups in total. The van der Waals surface area contributed by atoms with E-state index in [0.29, 0.717) is 63.9 Å². The van der Waals surface area contributed by atoms with Crippen LogP contribution >= 0.6 is 0 Å². The van der Waals surface area contributed by atoms with Crippen LogP contribution in [0.1, 0.15) is 113 Å². The minimum atomic E-state index is -4.57. The van der Waals surface area contributed by atoms with Gasteiger partial charge in [-0.05, 0) is 125 Å². The molecule has 4 aliphatic rings. The van der Waals surface area contributed by atoms with Crippen LogP contribution in [0.5, 0.6) is 5.75 Å². The number of anilines is 1. The molecule has 3 aliphatic heterocycles. The average Bonchev–Trinajstić information content (AvgIpc) is 3.81. The second-order valence-electron chi connectivity index (χ2n) is 18.1. The zero-order valence-electron chi connectivity index (χ0n) is 38.7. The van der Waals surface area contributed by atoms with Gasteiger partial charge in [-0.2, -0.15) is 13.2 Å². The standard InChI is InChI=1S/C50H59F3N6O10/c1-32(69-38-13-14-39-40(28-38)48(64)59(47(39)63)43-16-17-44(60)55-46(43)62)30-67-24-22-65-20-21-66-23-25-68-31-33-8-11-37(12-9-33)58-42-15-10-34(29-57-18-3-2-4-19-57)26-41(42)54-49(58)56-45(61)35-6-5-7-36(27-35)50(51,52)53/h5-7,10,13-15,26-28,32-33,37,43H,2-4,8-9,11-12,16-25,29-31H2,1H3,(H,54,56,61)(H,55,60,62). The minimum absolute atomic E-state index is 0.0296. The molecular weight excluding hydrogens is 902 g/mol. The number of amides is 5. The van der Waals surface area contributed by atoms with Gasteiger partial charge in [0, 0.05) is 31.2 Å². The summed E-state index contributed by atoms with van der Waals surface area (Å²) in [5.74, 6) is -1.89. The first-order valence-electron chi connectivity index (χ1n) is 23.9. The van der Waals surface area contributed by atoms with Crippen molar-refractivity contribution in [3.8, 4) is 5.75 Å². The number of halogens is 3. The van der Waals surface area contributed by atoms with Crippen LogP contribution in [0, 0.1) is 5.92 Å². The van der Waals surface area contributed by atoms with Gasteiger partial charge in [-0.25, -0.2) is 4.98 Å². The molecule has 1 aliphatic carbocycles. The monoisotopic (exact) mass is 960 g/mol. The van der Waals surface area contributed by atoms with Crippen molar-refractivity contribution < 1.29 is 60.8 Å². The number of likely N-dealkylation sites (tertiary alicyclic amines) is 1. The maximum Gasteiger partial charge on any atom is 0.416 e. The molecular formula is C50H59F3N6O10. The molecule has 5 amide bonds. The topological polar surface area (TPSA) is 180 Å². The summed E-state index contributed by atoms with van der Waals surface area (Å²) < 4.78 is 71.4. The first kappa shape index (κ1) is 49.7. The molecule has 2 saturated heterocycles. The van der Waals surface area contributed by atoms with Gasteiger partial charge in [0.15, 0.2) is 0 Å². The lowest BCUT2D eigenvalue weighted by Crippen LogP contribution is -2.54. The number of alkyl halides is 3. The predicted molar refractivity (Wildman–Crippen MR) is 246 cm³/mol. The number of imide groups is 2. The number of ether oxygens (including phenoxy) is 5. The van der Waals surface area contributed by atoms with Crippen molar-refractivity contribution in [2.45, 2.75) is 95.6 Å². The van der Waals surface area contributed by atoms with Gasteiger partial charge < -0.3 is 28.3 Å². The van der Waals surface area contributed by atoms with Crippen molar-refractivity contribution >= 4 is 46.5 Å². The summed E-state index contributed by atoms with van der Waals surface area (Å²) in [7, 11) is 0. The number of rotatable bonds is 21. The highest BCUT2D eigenvalue weighted by atomic mass is 19.4. The summed E-state index contributed by atoms with van der Waals surface area (Å²) in [6.07, 6.45) is 2.20. The third-order valence-electron chi connectivity index (χ3n) is 13.0. The van der Waals surface area contributed by atoms with Gasteiger partial charge >= 0.3 is 6.18 Å². The highest BCUT2D eigenvalue weighted by Gasteiger charge is 2.45. The fourth-order valence-corrected chi connectivity index (χ4v) is 9.50. The fraction of sp³-hybridized carbons (Fsp3) is 0.520. The Labute approximate surface area is 398 Å². The number of hydrogen-bond donors (Lipinski definition) is 2. The maximum absolute atomic E-state index is 13.5. The number of piperidine rings is 2. The lowest BCUT2D eigenvalue weighted by molar-refractivity contribution is -0.138. The minimum Gasteiger partial charge on any atom is -0.488 e. The number of nitrogens with one attached hydrogen (secondary N) is 2. The molecule has 3 fully saturated rings. The first-order valence-corrected chi connectivity index (χ1v) is 23.9. The first-order chi connectivity index (χ1) is 33.3. The predicted octanol–water partition coefficient (Wildman–Crippen LogP) is 6.96. The zero-order chi connectivity index (χ0) is 48.5. The number of hydrogen-bond acceptors (Lipinski definition) is 12. The molecule has 16 nitrogen and oxygen atoms in total. The van der Waals surface area contributed by atoms with E-state index in [-0.39, 0.29) is 48.3 Å². The second-order valence-corrected chi connectivity index (χ2v) is 18.1. The molecule has 3 aromatic carbocycles. The van der Waals surface area contributed by atoms with Crippen LogP contribution in [0.15, 0.2) is 60.7 Å². The molecule has 370 valence electrons. The quantitative estimate of drug-likeness (QED) is 0.0649. The maximum atomic E-state index is 13.5. The van der Waals surface area contributed by atoms with Crippen molar-refractivity contribution in [1.29, 1.82) is 0 Å². The van der Waals surface area contributed by atoms with Crippen molar-refractivity contribution in [2.75, 3.05) is 71.3 Å². The van der Waals surface area contributed by atoms with E-state index in [1.165, 1.54) is 43.5 Å². The van der Waals surface area contributed by atoms with E-state index in [1.807, 2.05) is 13.0 Å². The summed E-state index contributed by atoms with van der Waals surface area (Å²) in [5, 5.41) is 5.04. The molecule has 69 heavy (non-hydrogen) atoms. The van der Waals surface area contributed by atoms with Crippen molar-refractivity contribution in [2.24, 2.45) is 5.92 Å². The van der Waals surface area contributed by atoms with Crippen LogP contribution in [0.2, 0.25) is 0 Å². The van der Waals surface area contributed by atoms with Gasteiger partial charge in [0.25, 0.3) is 17.7 Å². The van der Waals surface area contributed by atoms with Crippen LogP contribution in [0.25, 0.3) is 11.0 Å². The summed E-state index contributed by atoms with van der Waals surface area (Å²) >= 11 is 0. The van der Waals surface area contributed by atoms with Crippen molar-refractivity contribution in [3.05, 3.63) is 88.5 Å². The third kappa shape index (κ3) is 12.5. The number of fused-ring (bicyclic) bond motifs is 2. The summed E-state index contributed by atoms with van der Waals surface area (Å²) in [5.41, 5.74) is 2.08. The Balaban J connectivity index is 0.713. The van der Waals surface area contributed by atoms with Crippen molar-refractivity contribution in [1.82, 2.24) is 24.7 Å². The van der Waals surface area contributed by atoms with Gasteiger partial charge in [-0.15, -0.1) is 0 Å². The molecule has 0 radical (unpaired) electrons. The second kappa shape index (κ2) is 22.8. The molecule has 0 spiro atoms. The number of imidazole rings is 1. The molecule has 1 aromatic heterocycles. The summed E-state index contributed by atoms with van der Waals surface area (Å²) in [6.45, 7) is 7.84. The Morgan fingerprint density at radius 2 is 1.52 bits per heavy atom. The Morgan fingerprint density at radius 1 is 0.812 bits per heavy atom. The van der Waals surface area contributed by atoms with Gasteiger partial charge in [0.2, 0.25) is 17.8 Å². The summed E-state index contributed by atoms with van der Waals surface area (Å²) in [6, 6.07) is 14.2. The SMILES string of the molecule is CC(COCCOCCOCCOCC1CCC(n2c(NC(=O)c3cccc(C(F)(F)F)c3)nc3cc(CN4CCCCC4)ccc32)CC1)Oc1ccc2c(c1)C(=O)N(C1CCC(=O)NC1=O)C2=O. The van der Waals surface area contributed by atoms with Crippen LogP contribution in [0.3, 0.4) is 0 Å². The third-order valence-corrected chi connectivity index (χ3v) is 13.0. The normalized spacial score (nSPS) is 20.6. The molecule has 8 rings (SSSR count). The molecule has 0 bridgehead atoms. The molecule has 19 heteroatoms. The Morgan fingerprint density at radius 3 is 2.25 bits per heavy atom. The van der Waals surface area contributed by atoms with Gasteiger partial charge in [0.1, 0.15) is 17.9 Å². The zero-order valence-corrected chi connectivity index (χ0v) is 38.7. The molecule has 4 aromatic rings. The van der Waals surface area contributed by atoms with Gasteiger partial charge in [0.05, 0.1) is 74.0 Å². The Bertz CT molecular complexity index is 2480. The van der Waals surface area contributed by atoms with Crippen LogP contribution < -0.4 is 15.4 Å². The fourth-order valence-electron chi connectivity index (χ4n) is 9.50. The van der Waals surface area contributed by atoms with Crippen LogP contribution in [0.4, 0.5) is 19.1 Å². The molecule has 4 heterocycles. The Kier molecular flexibility index (Phi) is 16.4. The lowest BCUT2D eigenvalue weighted by Gasteiger charge is -2.30. The molecule has 2 atom stereocenters. The number of nitrogens with zero attached hydrogens (tertiary/aromatic N) is 4. The average molecular weight is 961 g/mol. The van der Waals surface area contributed by atoms with E-state index in [9.17, 15) is 37.1 Å². The molecule has 1 saturated carbocycles. The smallest absolute Gasteiger partial charge is 0.416 e. The van der Waals surface area contributed by atoms with E-state index in [0.717, 1.165) is 78.9 Å². The van der Waals surface area contributed by atoms with E-state index >= 15 is 0 Å². The number of benzene rings is 3. The largest absolute Gasteiger partial charge is 0.488 e. The number of aromatic nitrogens is 2. The highest BCUT2D eigenvalue weighted by Crippen LogP contribution is 2.38. The van der Waals surface area contributed by atoms with Gasteiger partial charge in [-0.3, -0.25) is 44.4 Å². The van der Waals surface area contributed by atoms with E-state index in [4.69, 9.17) is 28.7 Å². The number of carbonyl (C=O) groups excluding carboxylic acids is 5. The van der Waals surface area contributed by atoms with E-state index in [2.05, 4.69) is 32.2 Å². The van der Waals surface area contributed by atoms with E-state index in [1.54, 1.807) is 6.07 Å². The van der Waals surface area contributed by atoms with Gasteiger partial charge in [-0.1, -0.05) is 18.6 Å². The molecule has 2 unspecified atom stereocenters. The van der Waals surface area contributed by atoms with Crippen LogP contribution in [-0.4, -0.2) is 127 Å². The summed E-state index contributed by atoms with van der Waals surface area (Å²) in [4.78, 5) is 71.6. The highest BCUT2D eigenvalue weighted by molar-refractivity contribution is 6.23. The number of carbonyl (C=O) groups is 5. The van der Waals surface area contributed by atoms with Crippen LogP contribution in [-0.2, 0) is 41.3 Å². The van der Waals surface area contributed by atoms with E-state index < -0.39 is 47.3 Å². The Hall–Kier alpha value is -5.73.